The summed E-state index contributed by atoms with van der Waals surface area (Å²) in [5, 5.41) is 12.3. The Kier molecular flexibility index (Phi) is 6.63. The molecule has 1 fully saturated rings. The molecule has 28 heavy (non-hydrogen) atoms. The van der Waals surface area contributed by atoms with E-state index in [-0.39, 0.29) is 11.0 Å². The van der Waals surface area contributed by atoms with Crippen LogP contribution in [0.4, 0.5) is 0 Å². The van der Waals surface area contributed by atoms with Crippen LogP contribution in [0.25, 0.3) is 0 Å². The van der Waals surface area contributed by atoms with Gasteiger partial charge in [0.25, 0.3) is 0 Å². The summed E-state index contributed by atoms with van der Waals surface area (Å²) in [5.41, 5.74) is 2.42. The molecule has 1 aliphatic heterocycles. The summed E-state index contributed by atoms with van der Waals surface area (Å²) in [6.07, 6.45) is 4.19. The van der Waals surface area contributed by atoms with Gasteiger partial charge in [-0.1, -0.05) is 31.2 Å². The summed E-state index contributed by atoms with van der Waals surface area (Å²) < 4.78 is 11.5. The second-order valence-corrected chi connectivity index (χ2v) is 8.25. The molecule has 0 unspecified atom stereocenters. The van der Waals surface area contributed by atoms with Crippen LogP contribution in [0, 0.1) is 0 Å². The van der Waals surface area contributed by atoms with E-state index in [0.717, 1.165) is 56.7 Å². The quantitative estimate of drug-likeness (QED) is 0.681. The van der Waals surface area contributed by atoms with E-state index in [9.17, 15) is 5.11 Å². The highest BCUT2D eigenvalue weighted by atomic mass is 16.5. The number of phenols is 1. The Morgan fingerprint density at radius 2 is 1.89 bits per heavy atom. The molecule has 0 saturated carbocycles. The van der Waals surface area contributed by atoms with E-state index < -0.39 is 0 Å². The van der Waals surface area contributed by atoms with Crippen LogP contribution in [0.5, 0.6) is 11.5 Å². The number of nitrogens with two attached hydrogens (primary N) is 1. The normalized spacial score (nSPS) is 24.8. The van der Waals surface area contributed by atoms with Gasteiger partial charge in [-0.15, -0.1) is 0 Å². The van der Waals surface area contributed by atoms with Gasteiger partial charge < -0.3 is 19.9 Å². The summed E-state index contributed by atoms with van der Waals surface area (Å²) >= 11 is 0. The van der Waals surface area contributed by atoms with Gasteiger partial charge in [-0.3, -0.25) is 0 Å². The molecule has 3 N–H and O–H groups in total. The third-order valence-electron chi connectivity index (χ3n) is 6.38. The van der Waals surface area contributed by atoms with Gasteiger partial charge in [0.05, 0.1) is 19.3 Å². The first kappa shape index (κ1) is 20.7. The fourth-order valence-corrected chi connectivity index (χ4v) is 4.44. The fraction of sp³-hybridized carbons (Fsp3) is 0.500. The lowest BCUT2D eigenvalue weighted by atomic mass is 9.66. The molecule has 0 bridgehead atoms. The average Bonchev–Trinajstić information content (AvgIpc) is 2.72. The van der Waals surface area contributed by atoms with Gasteiger partial charge in [-0.2, -0.15) is 0 Å². The molecule has 1 aliphatic rings. The van der Waals surface area contributed by atoms with Gasteiger partial charge in [0.15, 0.2) is 0 Å². The number of aromatic hydroxyl groups is 1. The topological polar surface area (TPSA) is 55.3 Å². The van der Waals surface area contributed by atoms with Crippen LogP contribution in [0.1, 0.15) is 50.7 Å². The highest BCUT2D eigenvalue weighted by Crippen LogP contribution is 2.45. The fourth-order valence-electron chi connectivity index (χ4n) is 4.44. The van der Waals surface area contributed by atoms with Gasteiger partial charge >= 0.3 is 0 Å². The second-order valence-electron chi connectivity index (χ2n) is 8.25. The molecular weight excluding hydrogens is 350 g/mol. The lowest BCUT2D eigenvalue weighted by Crippen LogP contribution is -2.83. The number of para-hydroxylation sites is 1. The summed E-state index contributed by atoms with van der Waals surface area (Å²) in [7, 11) is 1.71. The number of quaternary nitrogens is 1. The molecule has 0 amide bonds. The van der Waals surface area contributed by atoms with Crippen LogP contribution in [0.15, 0.2) is 48.5 Å². The van der Waals surface area contributed by atoms with E-state index in [0.29, 0.717) is 5.75 Å². The lowest BCUT2D eigenvalue weighted by Gasteiger charge is -2.46. The maximum Gasteiger partial charge on any atom is 0.124 e. The van der Waals surface area contributed by atoms with Crippen LogP contribution in [-0.2, 0) is 16.7 Å². The predicted octanol–water partition coefficient (Wildman–Crippen LogP) is 3.77. The molecule has 0 spiro atoms. The van der Waals surface area contributed by atoms with Crippen LogP contribution < -0.4 is 10.1 Å². The average molecular weight is 385 g/mol. The Morgan fingerprint density at radius 3 is 2.57 bits per heavy atom. The maximum atomic E-state index is 9.99. The standard InChI is InChI=1S/C24H33NO3/c1-4-23(2)18-24(14-16-28-23,20-9-11-21(27-3)12-10-20)13-15-25-17-19-7-5-6-8-22(19)26/h5-12,25-26H,4,13-18H2,1-3H3/p+1/t23-,24-/m1/s1. The van der Waals surface area contributed by atoms with E-state index >= 15 is 0 Å². The van der Waals surface area contributed by atoms with Crippen molar-refractivity contribution in [1.82, 2.24) is 0 Å². The van der Waals surface area contributed by atoms with Gasteiger partial charge in [0.2, 0.25) is 0 Å². The number of rotatable bonds is 8. The molecule has 152 valence electrons. The van der Waals surface area contributed by atoms with Crippen molar-refractivity contribution in [3.63, 3.8) is 0 Å². The second kappa shape index (κ2) is 8.97. The van der Waals surface area contributed by atoms with Crippen molar-refractivity contribution < 1.29 is 19.9 Å². The van der Waals surface area contributed by atoms with Crippen molar-refractivity contribution in [3.8, 4) is 11.5 Å². The van der Waals surface area contributed by atoms with Crippen molar-refractivity contribution in [1.29, 1.82) is 0 Å². The van der Waals surface area contributed by atoms with Crippen molar-refractivity contribution in [3.05, 3.63) is 59.7 Å². The molecule has 1 heterocycles. The molecule has 2 aromatic rings. The molecule has 0 radical (unpaired) electrons. The zero-order chi connectivity index (χ0) is 20.0. The Morgan fingerprint density at radius 1 is 1.14 bits per heavy atom. The first-order valence-electron chi connectivity index (χ1n) is 10.4. The number of phenolic OH excluding ortho intramolecular Hbond substituents is 1. The molecule has 0 aromatic heterocycles. The summed E-state index contributed by atoms with van der Waals surface area (Å²) in [4.78, 5) is 0. The monoisotopic (exact) mass is 384 g/mol. The molecule has 0 aliphatic carbocycles. The number of hydrogen-bond acceptors (Lipinski definition) is 3. The Balaban J connectivity index is 1.73. The molecule has 3 rings (SSSR count). The van der Waals surface area contributed by atoms with E-state index in [1.165, 1.54) is 5.56 Å². The molecule has 4 heteroatoms. The maximum absolute atomic E-state index is 9.99. The SMILES string of the molecule is CC[C@]1(C)C[C@](CC[NH2+]Cc2ccccc2O)(c2ccc(OC)cc2)CCO1. The van der Waals surface area contributed by atoms with Gasteiger partial charge in [0, 0.05) is 24.0 Å². The van der Waals surface area contributed by atoms with E-state index in [1.54, 1.807) is 13.2 Å². The van der Waals surface area contributed by atoms with Gasteiger partial charge in [0.1, 0.15) is 18.0 Å². The molecule has 2 aromatic carbocycles. The van der Waals surface area contributed by atoms with E-state index in [2.05, 4.69) is 43.4 Å². The molecule has 1 saturated heterocycles. The van der Waals surface area contributed by atoms with E-state index in [1.807, 2.05) is 18.2 Å². The van der Waals surface area contributed by atoms with Crippen molar-refractivity contribution in [2.45, 2.75) is 57.1 Å². The number of hydrogen-bond donors (Lipinski definition) is 2. The largest absolute Gasteiger partial charge is 0.507 e. The third-order valence-corrected chi connectivity index (χ3v) is 6.38. The van der Waals surface area contributed by atoms with Crippen molar-refractivity contribution in [2.24, 2.45) is 0 Å². The molecule has 4 nitrogen and oxygen atoms in total. The van der Waals surface area contributed by atoms with E-state index in [4.69, 9.17) is 9.47 Å². The van der Waals surface area contributed by atoms with Gasteiger partial charge in [-0.25, -0.2) is 0 Å². The minimum Gasteiger partial charge on any atom is -0.507 e. The first-order chi connectivity index (χ1) is 13.5. The third kappa shape index (κ3) is 4.68. The van der Waals surface area contributed by atoms with Crippen molar-refractivity contribution in [2.75, 3.05) is 20.3 Å². The zero-order valence-electron chi connectivity index (χ0n) is 17.4. The smallest absolute Gasteiger partial charge is 0.124 e. The zero-order valence-corrected chi connectivity index (χ0v) is 17.4. The Hall–Kier alpha value is -2.04. The highest BCUT2D eigenvalue weighted by Gasteiger charge is 2.43. The predicted molar refractivity (Wildman–Crippen MR) is 112 cm³/mol. The summed E-state index contributed by atoms with van der Waals surface area (Å²) in [5.74, 6) is 1.28. The first-order valence-corrected chi connectivity index (χ1v) is 10.4. The number of methoxy groups -OCH3 is 1. The minimum atomic E-state index is -0.0735. The summed E-state index contributed by atoms with van der Waals surface area (Å²) in [6.45, 7) is 7.08. The van der Waals surface area contributed by atoms with Gasteiger partial charge in [-0.05, 0) is 56.0 Å². The number of benzene rings is 2. The van der Waals surface area contributed by atoms with Crippen LogP contribution in [0.2, 0.25) is 0 Å². The minimum absolute atomic E-state index is 0.0735. The lowest BCUT2D eigenvalue weighted by molar-refractivity contribution is -0.672. The summed E-state index contributed by atoms with van der Waals surface area (Å²) in [6, 6.07) is 16.2. The Bertz CT molecular complexity index is 761. The number of ether oxygens (including phenoxy) is 2. The van der Waals surface area contributed by atoms with Crippen LogP contribution in [0.3, 0.4) is 0 Å². The van der Waals surface area contributed by atoms with Crippen LogP contribution in [-0.4, -0.2) is 31.0 Å². The van der Waals surface area contributed by atoms with Crippen LogP contribution >= 0.6 is 0 Å². The molecule has 2 atom stereocenters. The Labute approximate surface area is 168 Å². The van der Waals surface area contributed by atoms with Crippen molar-refractivity contribution >= 4 is 0 Å². The molecular formula is C24H34NO3+. The highest BCUT2D eigenvalue weighted by molar-refractivity contribution is 5.33.